The number of methoxy groups -OCH3 is 1. The van der Waals surface area contributed by atoms with Crippen LogP contribution in [0.3, 0.4) is 0 Å². The van der Waals surface area contributed by atoms with Gasteiger partial charge in [0.1, 0.15) is 18.8 Å². The maximum atomic E-state index is 5.38. The molecule has 0 aliphatic carbocycles. The third-order valence-corrected chi connectivity index (χ3v) is 1.94. The van der Waals surface area contributed by atoms with Crippen LogP contribution in [-0.4, -0.2) is 31.8 Å². The fourth-order valence-electron chi connectivity index (χ4n) is 1.25. The number of ether oxygens (including phenoxy) is 2. The Bertz CT molecular complexity index is 527. The van der Waals surface area contributed by atoms with Crippen molar-refractivity contribution >= 4 is 5.82 Å². The number of nitrogens with two attached hydrogens (primary N) is 1. The SMILES string of the molecule is COCc1nc(NN)cc(Oc2ncn(C)n2)n1. The van der Waals surface area contributed by atoms with Crippen LogP contribution in [0.1, 0.15) is 5.82 Å². The molecule has 3 N–H and O–H groups in total. The molecule has 2 rings (SSSR count). The number of hydrogen-bond acceptors (Lipinski definition) is 8. The van der Waals surface area contributed by atoms with Crippen molar-refractivity contribution in [1.82, 2.24) is 24.7 Å². The van der Waals surface area contributed by atoms with Crippen molar-refractivity contribution in [3.63, 3.8) is 0 Å². The fraction of sp³-hybridized carbons (Fsp3) is 0.333. The highest BCUT2D eigenvalue weighted by atomic mass is 16.5. The first-order valence-corrected chi connectivity index (χ1v) is 5.08. The molecule has 0 atom stereocenters. The lowest BCUT2D eigenvalue weighted by Crippen LogP contribution is -2.11. The molecule has 18 heavy (non-hydrogen) atoms. The molecule has 0 saturated heterocycles. The van der Waals surface area contributed by atoms with Gasteiger partial charge in [-0.2, -0.15) is 9.97 Å². The summed E-state index contributed by atoms with van der Waals surface area (Å²) < 4.78 is 11.9. The Hall–Kier alpha value is -2.26. The minimum Gasteiger partial charge on any atom is -0.404 e. The smallest absolute Gasteiger partial charge is 0.342 e. The van der Waals surface area contributed by atoms with Gasteiger partial charge < -0.3 is 14.9 Å². The molecule has 0 radical (unpaired) electrons. The monoisotopic (exact) mass is 251 g/mol. The summed E-state index contributed by atoms with van der Waals surface area (Å²) in [6, 6.07) is 1.73. The van der Waals surface area contributed by atoms with E-state index in [1.807, 2.05) is 0 Å². The first kappa shape index (κ1) is 12.2. The minimum absolute atomic E-state index is 0.197. The summed E-state index contributed by atoms with van der Waals surface area (Å²) in [5.41, 5.74) is 2.42. The Morgan fingerprint density at radius 3 is 2.89 bits per heavy atom. The zero-order valence-corrected chi connectivity index (χ0v) is 9.99. The Balaban J connectivity index is 2.23. The van der Waals surface area contributed by atoms with Crippen molar-refractivity contribution in [2.75, 3.05) is 12.5 Å². The molecule has 2 aromatic heterocycles. The summed E-state index contributed by atoms with van der Waals surface area (Å²) in [7, 11) is 3.29. The van der Waals surface area contributed by atoms with Gasteiger partial charge in [0.25, 0.3) is 0 Å². The Morgan fingerprint density at radius 2 is 2.28 bits per heavy atom. The Morgan fingerprint density at radius 1 is 1.44 bits per heavy atom. The fourth-order valence-corrected chi connectivity index (χ4v) is 1.25. The minimum atomic E-state index is 0.197. The quantitative estimate of drug-likeness (QED) is 0.556. The maximum absolute atomic E-state index is 5.38. The number of nitrogen functional groups attached to an aromatic ring is 1. The highest BCUT2D eigenvalue weighted by Gasteiger charge is 2.08. The molecule has 96 valence electrons. The van der Waals surface area contributed by atoms with Gasteiger partial charge in [-0.1, -0.05) is 0 Å². The van der Waals surface area contributed by atoms with Gasteiger partial charge in [0.05, 0.1) is 0 Å². The van der Waals surface area contributed by atoms with E-state index in [0.29, 0.717) is 11.6 Å². The second-order valence-electron chi connectivity index (χ2n) is 3.39. The second-order valence-corrected chi connectivity index (χ2v) is 3.39. The first-order valence-electron chi connectivity index (χ1n) is 5.08. The molecule has 0 bridgehead atoms. The average molecular weight is 251 g/mol. The van der Waals surface area contributed by atoms with Crippen LogP contribution in [0.4, 0.5) is 5.82 Å². The molecule has 9 nitrogen and oxygen atoms in total. The second kappa shape index (κ2) is 5.38. The van der Waals surface area contributed by atoms with Gasteiger partial charge in [-0.3, -0.25) is 4.68 Å². The average Bonchev–Trinajstić information content (AvgIpc) is 2.75. The van der Waals surface area contributed by atoms with Crippen molar-refractivity contribution in [2.45, 2.75) is 6.61 Å². The number of anilines is 1. The van der Waals surface area contributed by atoms with Crippen molar-refractivity contribution in [1.29, 1.82) is 0 Å². The molecular weight excluding hydrogens is 238 g/mol. The van der Waals surface area contributed by atoms with Crippen molar-refractivity contribution in [2.24, 2.45) is 12.9 Å². The third kappa shape index (κ3) is 2.90. The lowest BCUT2D eigenvalue weighted by molar-refractivity contribution is 0.177. The van der Waals surface area contributed by atoms with Crippen LogP contribution in [0.15, 0.2) is 12.4 Å². The molecular formula is C9H13N7O2. The van der Waals surface area contributed by atoms with Crippen LogP contribution in [-0.2, 0) is 18.4 Å². The summed E-state index contributed by atoms with van der Waals surface area (Å²) in [5, 5.41) is 3.98. The highest BCUT2D eigenvalue weighted by Crippen LogP contribution is 2.18. The van der Waals surface area contributed by atoms with Crippen LogP contribution < -0.4 is 16.0 Å². The molecule has 0 fully saturated rings. The van der Waals surface area contributed by atoms with Gasteiger partial charge >= 0.3 is 6.01 Å². The molecule has 0 aliphatic rings. The summed E-state index contributed by atoms with van der Waals surface area (Å²) >= 11 is 0. The van der Waals surface area contributed by atoms with E-state index in [1.165, 1.54) is 17.1 Å². The van der Waals surface area contributed by atoms with Crippen LogP contribution in [0.5, 0.6) is 11.9 Å². The Kier molecular flexibility index (Phi) is 3.65. The molecule has 0 unspecified atom stereocenters. The largest absolute Gasteiger partial charge is 0.404 e. The summed E-state index contributed by atoms with van der Waals surface area (Å²) in [6.07, 6.45) is 1.52. The lowest BCUT2D eigenvalue weighted by atomic mass is 10.5. The molecule has 2 aromatic rings. The number of hydrogen-bond donors (Lipinski definition) is 2. The predicted octanol–water partition coefficient (Wildman–Crippen LogP) is -0.171. The van der Waals surface area contributed by atoms with Crippen LogP contribution in [0.25, 0.3) is 0 Å². The van der Waals surface area contributed by atoms with E-state index < -0.39 is 0 Å². The van der Waals surface area contributed by atoms with Gasteiger partial charge in [-0.05, 0) is 0 Å². The van der Waals surface area contributed by atoms with Gasteiger partial charge in [0.15, 0.2) is 5.82 Å². The summed E-state index contributed by atoms with van der Waals surface area (Å²) in [4.78, 5) is 12.2. The maximum Gasteiger partial charge on any atom is 0.342 e. The van der Waals surface area contributed by atoms with E-state index >= 15 is 0 Å². The first-order chi connectivity index (χ1) is 8.71. The third-order valence-electron chi connectivity index (χ3n) is 1.94. The molecule has 0 amide bonds. The van der Waals surface area contributed by atoms with E-state index in [4.69, 9.17) is 15.3 Å². The molecule has 9 heteroatoms. The predicted molar refractivity (Wildman–Crippen MR) is 61.6 cm³/mol. The zero-order valence-electron chi connectivity index (χ0n) is 9.99. The number of aryl methyl sites for hydroxylation is 1. The van der Waals surface area contributed by atoms with Gasteiger partial charge in [-0.15, -0.1) is 5.10 Å². The zero-order chi connectivity index (χ0) is 13.0. The number of hydrazine groups is 1. The van der Waals surface area contributed by atoms with Crippen LogP contribution in [0.2, 0.25) is 0 Å². The molecule has 2 heterocycles. The number of nitrogens with one attached hydrogen (secondary N) is 1. The van der Waals surface area contributed by atoms with Crippen LogP contribution >= 0.6 is 0 Å². The van der Waals surface area contributed by atoms with Gasteiger partial charge in [0, 0.05) is 20.2 Å². The molecule has 0 aliphatic heterocycles. The normalized spacial score (nSPS) is 10.4. The summed E-state index contributed by atoms with van der Waals surface area (Å²) in [6.45, 7) is 0.252. The number of nitrogens with zero attached hydrogens (tertiary/aromatic N) is 5. The van der Waals surface area contributed by atoms with Crippen molar-refractivity contribution in [3.8, 4) is 11.9 Å². The van der Waals surface area contributed by atoms with Crippen LogP contribution in [0, 0.1) is 0 Å². The highest BCUT2D eigenvalue weighted by molar-refractivity contribution is 5.37. The van der Waals surface area contributed by atoms with E-state index in [0.717, 1.165) is 0 Å². The van der Waals surface area contributed by atoms with Gasteiger partial charge in [-0.25, -0.2) is 10.8 Å². The van der Waals surface area contributed by atoms with Gasteiger partial charge in [0.2, 0.25) is 5.88 Å². The van der Waals surface area contributed by atoms with E-state index in [-0.39, 0.29) is 18.5 Å². The lowest BCUT2D eigenvalue weighted by Gasteiger charge is -2.06. The number of rotatable bonds is 5. The molecule has 0 spiro atoms. The summed E-state index contributed by atoms with van der Waals surface area (Å²) in [5.74, 6) is 6.46. The topological polar surface area (TPSA) is 113 Å². The molecule has 0 aromatic carbocycles. The van der Waals surface area contributed by atoms with Crippen molar-refractivity contribution in [3.05, 3.63) is 18.2 Å². The van der Waals surface area contributed by atoms with E-state index in [1.54, 1.807) is 14.2 Å². The Labute approximate surface area is 103 Å². The van der Waals surface area contributed by atoms with Crippen molar-refractivity contribution < 1.29 is 9.47 Å². The van der Waals surface area contributed by atoms with E-state index in [2.05, 4.69) is 25.5 Å². The number of aromatic nitrogens is 5. The molecule has 0 saturated carbocycles. The standard InChI is InChI=1S/C9H13N7O2/c1-16-5-11-9(15-16)18-8-3-6(14-10)12-7(13-8)4-17-2/h3,5H,4,10H2,1-2H3,(H,12,13,14). The van der Waals surface area contributed by atoms with E-state index in [9.17, 15) is 0 Å².